The van der Waals surface area contributed by atoms with Crippen molar-refractivity contribution in [3.05, 3.63) is 51.4 Å². The highest BCUT2D eigenvalue weighted by Gasteiger charge is 2.11. The van der Waals surface area contributed by atoms with Crippen LogP contribution in [0.4, 0.5) is 0 Å². The Kier molecular flexibility index (Phi) is 5.16. The summed E-state index contributed by atoms with van der Waals surface area (Å²) in [6.45, 7) is 0.410. The van der Waals surface area contributed by atoms with Crippen LogP contribution in [-0.4, -0.2) is 23.5 Å². The molecule has 2 rings (SSSR count). The fourth-order valence-corrected chi connectivity index (χ4v) is 2.44. The third kappa shape index (κ3) is 3.60. The first kappa shape index (κ1) is 14.6. The molecule has 0 bridgehead atoms. The third-order valence-electron chi connectivity index (χ3n) is 2.56. The van der Waals surface area contributed by atoms with E-state index in [1.54, 1.807) is 25.6 Å². The van der Waals surface area contributed by atoms with Crippen LogP contribution < -0.4 is 9.47 Å². The van der Waals surface area contributed by atoms with Crippen molar-refractivity contribution in [2.75, 3.05) is 7.11 Å². The smallest absolute Gasteiger partial charge is 0.174 e. The summed E-state index contributed by atoms with van der Waals surface area (Å²) in [5.41, 5.74) is 1.72. The Labute approximate surface area is 130 Å². The van der Waals surface area contributed by atoms with Crippen LogP contribution in [0.25, 0.3) is 0 Å². The number of pyridine rings is 1. The van der Waals surface area contributed by atoms with E-state index in [9.17, 15) is 0 Å². The molecular weight excluding hydrogens is 371 g/mol. The third-order valence-corrected chi connectivity index (χ3v) is 3.37. The van der Waals surface area contributed by atoms with E-state index >= 15 is 0 Å². The first-order valence-electron chi connectivity index (χ1n) is 5.81. The Hall–Kier alpha value is -1.83. The van der Waals surface area contributed by atoms with Crippen molar-refractivity contribution in [2.45, 2.75) is 6.61 Å². The lowest BCUT2D eigenvalue weighted by Crippen LogP contribution is -2.01. The number of hydrogen-bond acceptors (Lipinski definition) is 5. The van der Waals surface area contributed by atoms with Crippen LogP contribution in [0.15, 0.2) is 41.8 Å². The van der Waals surface area contributed by atoms with Gasteiger partial charge in [-0.1, -0.05) is 11.2 Å². The minimum atomic E-state index is 0.410. The largest absolute Gasteiger partial charge is 0.493 e. The quantitative estimate of drug-likeness (QED) is 0.373. The molecule has 0 aliphatic rings. The molecule has 0 radical (unpaired) electrons. The summed E-state index contributed by atoms with van der Waals surface area (Å²) in [6, 6.07) is 7.41. The van der Waals surface area contributed by atoms with Crippen molar-refractivity contribution in [3.8, 4) is 11.5 Å². The van der Waals surface area contributed by atoms with Gasteiger partial charge in [-0.05, 0) is 40.8 Å². The van der Waals surface area contributed by atoms with Crippen molar-refractivity contribution in [2.24, 2.45) is 5.16 Å². The summed E-state index contributed by atoms with van der Waals surface area (Å²) >= 11 is 2.15. The fraction of sp³-hybridized carbons (Fsp3) is 0.143. The number of benzene rings is 1. The van der Waals surface area contributed by atoms with Gasteiger partial charge in [0.2, 0.25) is 0 Å². The second kappa shape index (κ2) is 7.09. The van der Waals surface area contributed by atoms with Crippen LogP contribution >= 0.6 is 22.6 Å². The summed E-state index contributed by atoms with van der Waals surface area (Å²) in [7, 11) is 1.57. The molecule has 1 heterocycles. The Bertz CT molecular complexity index is 603. The minimum Gasteiger partial charge on any atom is -0.493 e. The van der Waals surface area contributed by atoms with E-state index in [1.165, 1.54) is 6.21 Å². The molecule has 6 heteroatoms. The maximum absolute atomic E-state index is 8.58. The predicted molar refractivity (Wildman–Crippen MR) is 83.7 cm³/mol. The van der Waals surface area contributed by atoms with Gasteiger partial charge in [-0.2, -0.15) is 0 Å². The molecule has 0 aliphatic heterocycles. The van der Waals surface area contributed by atoms with Gasteiger partial charge >= 0.3 is 0 Å². The van der Waals surface area contributed by atoms with Gasteiger partial charge in [-0.25, -0.2) is 0 Å². The van der Waals surface area contributed by atoms with Gasteiger partial charge in [0.1, 0.15) is 6.61 Å². The van der Waals surface area contributed by atoms with Crippen molar-refractivity contribution in [1.29, 1.82) is 0 Å². The SMILES string of the molecule is COc1cc(/C=N\O)cc(I)c1OCc1cccnc1. The summed E-state index contributed by atoms with van der Waals surface area (Å²) in [5.74, 6) is 1.25. The number of rotatable bonds is 5. The fourth-order valence-electron chi connectivity index (χ4n) is 1.66. The molecule has 2 aromatic rings. The number of nitrogens with zero attached hydrogens (tertiary/aromatic N) is 2. The van der Waals surface area contributed by atoms with Gasteiger partial charge in [-0.3, -0.25) is 4.98 Å². The molecule has 104 valence electrons. The number of halogens is 1. The summed E-state index contributed by atoms with van der Waals surface area (Å²) in [4.78, 5) is 4.04. The van der Waals surface area contributed by atoms with Gasteiger partial charge in [0.25, 0.3) is 0 Å². The summed E-state index contributed by atoms with van der Waals surface area (Å²) < 4.78 is 12.0. The molecule has 0 fully saturated rings. The molecule has 0 saturated heterocycles. The van der Waals surface area contributed by atoms with Gasteiger partial charge in [0, 0.05) is 23.5 Å². The molecule has 1 aromatic heterocycles. The Morgan fingerprint density at radius 3 is 2.95 bits per heavy atom. The van der Waals surface area contributed by atoms with Gasteiger partial charge in [0.05, 0.1) is 16.9 Å². The molecular formula is C14H13IN2O3. The highest BCUT2D eigenvalue weighted by molar-refractivity contribution is 14.1. The molecule has 0 spiro atoms. The van der Waals surface area contributed by atoms with Gasteiger partial charge in [-0.15, -0.1) is 0 Å². The lowest BCUT2D eigenvalue weighted by atomic mass is 10.2. The second-order valence-electron chi connectivity index (χ2n) is 3.93. The number of aromatic nitrogens is 1. The molecule has 0 atom stereocenters. The van der Waals surface area contributed by atoms with Crippen LogP contribution in [0.3, 0.4) is 0 Å². The highest BCUT2D eigenvalue weighted by atomic mass is 127. The number of methoxy groups -OCH3 is 1. The normalized spacial score (nSPS) is 10.7. The second-order valence-corrected chi connectivity index (χ2v) is 5.09. The van der Waals surface area contributed by atoms with Crippen molar-refractivity contribution < 1.29 is 14.7 Å². The Balaban J connectivity index is 2.22. The van der Waals surface area contributed by atoms with E-state index in [0.29, 0.717) is 18.1 Å². The maximum atomic E-state index is 8.58. The zero-order chi connectivity index (χ0) is 14.4. The number of ether oxygens (including phenoxy) is 2. The van der Waals surface area contributed by atoms with Crippen LogP contribution in [0, 0.1) is 3.57 Å². The zero-order valence-corrected chi connectivity index (χ0v) is 12.9. The first-order chi connectivity index (χ1) is 9.74. The number of oxime groups is 1. The average molecular weight is 384 g/mol. The van der Waals surface area contributed by atoms with E-state index in [0.717, 1.165) is 14.7 Å². The molecule has 20 heavy (non-hydrogen) atoms. The van der Waals surface area contributed by atoms with Crippen LogP contribution in [0.1, 0.15) is 11.1 Å². The summed E-state index contributed by atoms with van der Waals surface area (Å²) in [5, 5.41) is 11.6. The van der Waals surface area contributed by atoms with Crippen LogP contribution in [0.5, 0.6) is 11.5 Å². The molecule has 1 N–H and O–H groups in total. The topological polar surface area (TPSA) is 63.9 Å². The minimum absolute atomic E-state index is 0.410. The first-order valence-corrected chi connectivity index (χ1v) is 6.89. The van der Waals surface area contributed by atoms with E-state index in [1.807, 2.05) is 18.2 Å². The van der Waals surface area contributed by atoms with E-state index < -0.39 is 0 Å². The lowest BCUT2D eigenvalue weighted by Gasteiger charge is -2.13. The van der Waals surface area contributed by atoms with E-state index in [4.69, 9.17) is 14.7 Å². The van der Waals surface area contributed by atoms with E-state index in [2.05, 4.69) is 32.7 Å². The molecule has 0 aliphatic carbocycles. The van der Waals surface area contributed by atoms with Crippen LogP contribution in [0.2, 0.25) is 0 Å². The van der Waals surface area contributed by atoms with Crippen molar-refractivity contribution in [1.82, 2.24) is 4.98 Å². The molecule has 5 nitrogen and oxygen atoms in total. The van der Waals surface area contributed by atoms with E-state index in [-0.39, 0.29) is 0 Å². The number of hydrogen-bond donors (Lipinski definition) is 1. The summed E-state index contributed by atoms with van der Waals surface area (Å²) in [6.07, 6.45) is 4.82. The molecule has 0 saturated carbocycles. The Morgan fingerprint density at radius 2 is 2.30 bits per heavy atom. The molecule has 1 aromatic carbocycles. The average Bonchev–Trinajstić information content (AvgIpc) is 2.47. The van der Waals surface area contributed by atoms with Crippen molar-refractivity contribution >= 4 is 28.8 Å². The standard InChI is InChI=1S/C14H13IN2O3/c1-19-13-6-11(8-17-18)5-12(15)14(13)20-9-10-3-2-4-16-7-10/h2-8,18H,9H2,1H3/b17-8-. The zero-order valence-electron chi connectivity index (χ0n) is 10.8. The Morgan fingerprint density at radius 1 is 1.45 bits per heavy atom. The van der Waals surface area contributed by atoms with Crippen molar-refractivity contribution in [3.63, 3.8) is 0 Å². The van der Waals surface area contributed by atoms with Gasteiger partial charge < -0.3 is 14.7 Å². The lowest BCUT2D eigenvalue weighted by molar-refractivity contribution is 0.282. The maximum Gasteiger partial charge on any atom is 0.174 e. The predicted octanol–water partition coefficient (Wildman–Crippen LogP) is 3.08. The van der Waals surface area contributed by atoms with Crippen LogP contribution in [-0.2, 0) is 6.61 Å². The highest BCUT2D eigenvalue weighted by Crippen LogP contribution is 2.34. The monoisotopic (exact) mass is 384 g/mol. The molecule has 0 unspecified atom stereocenters. The van der Waals surface area contributed by atoms with Gasteiger partial charge in [0.15, 0.2) is 11.5 Å². The molecule has 0 amide bonds.